The monoisotopic (exact) mass is 244 g/mol. The van der Waals surface area contributed by atoms with Crippen molar-refractivity contribution in [3.8, 4) is 6.07 Å². The van der Waals surface area contributed by atoms with Crippen LogP contribution in [0.4, 0.5) is 20.2 Å². The molecular formula is C14H10F2N2. The van der Waals surface area contributed by atoms with Gasteiger partial charge in [0.2, 0.25) is 0 Å². The van der Waals surface area contributed by atoms with E-state index in [0.717, 1.165) is 6.07 Å². The minimum atomic E-state index is -0.513. The maximum atomic E-state index is 13.8. The molecule has 0 heterocycles. The zero-order valence-corrected chi connectivity index (χ0v) is 9.69. The Balaban J connectivity index is 2.40. The molecule has 0 aromatic heterocycles. The van der Waals surface area contributed by atoms with Gasteiger partial charge in [-0.05, 0) is 36.4 Å². The summed E-state index contributed by atoms with van der Waals surface area (Å²) in [4.78, 5) is 1.53. The fourth-order valence-corrected chi connectivity index (χ4v) is 1.67. The number of nitriles is 1. The van der Waals surface area contributed by atoms with Crippen LogP contribution in [0.1, 0.15) is 5.56 Å². The van der Waals surface area contributed by atoms with Crippen LogP contribution in [-0.2, 0) is 0 Å². The molecule has 0 N–H and O–H groups in total. The Kier molecular flexibility index (Phi) is 3.24. The van der Waals surface area contributed by atoms with E-state index in [4.69, 9.17) is 5.26 Å². The van der Waals surface area contributed by atoms with Crippen molar-refractivity contribution in [2.24, 2.45) is 0 Å². The normalized spacial score (nSPS) is 9.89. The highest BCUT2D eigenvalue weighted by Crippen LogP contribution is 2.27. The maximum Gasteiger partial charge on any atom is 0.148 e. The Labute approximate surface area is 104 Å². The van der Waals surface area contributed by atoms with Crippen LogP contribution in [0.5, 0.6) is 0 Å². The minimum absolute atomic E-state index is 0.254. The standard InChI is InChI=1S/C14H10F2N2/c1-18(12-4-2-3-11(15)8-12)14-6-5-10(9-17)7-13(14)16/h2-8H,1H3. The highest BCUT2D eigenvalue weighted by Gasteiger charge is 2.10. The van der Waals surface area contributed by atoms with Gasteiger partial charge in [-0.1, -0.05) is 6.07 Å². The summed E-state index contributed by atoms with van der Waals surface area (Å²) >= 11 is 0. The Bertz CT molecular complexity index is 617. The van der Waals surface area contributed by atoms with Crippen LogP contribution in [0.15, 0.2) is 42.5 Å². The molecule has 0 amide bonds. The lowest BCUT2D eigenvalue weighted by Crippen LogP contribution is -2.11. The zero-order valence-electron chi connectivity index (χ0n) is 9.69. The molecule has 90 valence electrons. The molecule has 0 saturated heterocycles. The van der Waals surface area contributed by atoms with Crippen molar-refractivity contribution in [3.63, 3.8) is 0 Å². The molecule has 0 atom stereocenters. The van der Waals surface area contributed by atoms with E-state index in [2.05, 4.69) is 0 Å². The highest BCUT2D eigenvalue weighted by atomic mass is 19.1. The van der Waals surface area contributed by atoms with Crippen LogP contribution in [0, 0.1) is 23.0 Å². The summed E-state index contributed by atoms with van der Waals surface area (Å²) < 4.78 is 26.9. The number of rotatable bonds is 2. The van der Waals surface area contributed by atoms with Crippen LogP contribution < -0.4 is 4.90 Å². The third-order valence-corrected chi connectivity index (χ3v) is 2.63. The van der Waals surface area contributed by atoms with Crippen LogP contribution in [0.3, 0.4) is 0 Å². The molecule has 0 unspecified atom stereocenters. The first-order chi connectivity index (χ1) is 8.61. The average molecular weight is 244 g/mol. The molecule has 0 aliphatic carbocycles. The Hall–Kier alpha value is -2.41. The van der Waals surface area contributed by atoms with Gasteiger partial charge in [-0.3, -0.25) is 0 Å². The Morgan fingerprint density at radius 3 is 2.50 bits per heavy atom. The second-order valence-electron chi connectivity index (χ2n) is 3.82. The van der Waals surface area contributed by atoms with Gasteiger partial charge in [0, 0.05) is 12.7 Å². The first-order valence-electron chi connectivity index (χ1n) is 5.31. The second kappa shape index (κ2) is 4.84. The number of hydrogen-bond acceptors (Lipinski definition) is 2. The highest BCUT2D eigenvalue weighted by molar-refractivity contribution is 5.63. The fourth-order valence-electron chi connectivity index (χ4n) is 1.67. The number of anilines is 2. The Morgan fingerprint density at radius 1 is 1.11 bits per heavy atom. The number of nitrogens with zero attached hydrogens (tertiary/aromatic N) is 2. The molecule has 0 saturated carbocycles. The number of halogens is 2. The van der Waals surface area contributed by atoms with Gasteiger partial charge in [0.1, 0.15) is 11.6 Å². The van der Waals surface area contributed by atoms with E-state index in [1.807, 2.05) is 6.07 Å². The summed E-state index contributed by atoms with van der Waals surface area (Å²) in [6, 6.07) is 11.9. The topological polar surface area (TPSA) is 27.0 Å². The molecule has 0 aliphatic heterocycles. The van der Waals surface area contributed by atoms with Crippen molar-refractivity contribution in [1.29, 1.82) is 5.26 Å². The molecule has 2 rings (SSSR count). The predicted octanol–water partition coefficient (Wildman–Crippen LogP) is 3.60. The van der Waals surface area contributed by atoms with E-state index in [1.54, 1.807) is 19.2 Å². The molecule has 0 radical (unpaired) electrons. The lowest BCUT2D eigenvalue weighted by atomic mass is 10.2. The first-order valence-corrected chi connectivity index (χ1v) is 5.31. The van der Waals surface area contributed by atoms with E-state index in [1.165, 1.54) is 29.2 Å². The van der Waals surface area contributed by atoms with Crippen molar-refractivity contribution in [2.75, 3.05) is 11.9 Å². The SMILES string of the molecule is CN(c1cccc(F)c1)c1ccc(C#N)cc1F. The summed E-state index contributed by atoms with van der Waals surface area (Å²) in [5.74, 6) is -0.894. The first kappa shape index (κ1) is 12.1. The van der Waals surface area contributed by atoms with Gasteiger partial charge >= 0.3 is 0 Å². The van der Waals surface area contributed by atoms with Gasteiger partial charge in [-0.25, -0.2) is 8.78 Å². The van der Waals surface area contributed by atoms with Gasteiger partial charge in [-0.15, -0.1) is 0 Å². The van der Waals surface area contributed by atoms with E-state index in [0.29, 0.717) is 11.4 Å². The number of hydrogen-bond donors (Lipinski definition) is 0. The second-order valence-corrected chi connectivity index (χ2v) is 3.82. The van der Waals surface area contributed by atoms with Gasteiger partial charge in [0.05, 0.1) is 17.3 Å². The molecule has 0 spiro atoms. The van der Waals surface area contributed by atoms with Crippen molar-refractivity contribution >= 4 is 11.4 Å². The molecule has 2 aromatic rings. The molecular weight excluding hydrogens is 234 g/mol. The lowest BCUT2D eigenvalue weighted by molar-refractivity contribution is 0.623. The number of benzene rings is 2. The van der Waals surface area contributed by atoms with E-state index in [9.17, 15) is 8.78 Å². The van der Waals surface area contributed by atoms with Gasteiger partial charge in [-0.2, -0.15) is 5.26 Å². The molecule has 0 fully saturated rings. The van der Waals surface area contributed by atoms with Gasteiger partial charge < -0.3 is 4.90 Å². The minimum Gasteiger partial charge on any atom is -0.342 e. The van der Waals surface area contributed by atoms with Crippen molar-refractivity contribution < 1.29 is 8.78 Å². The van der Waals surface area contributed by atoms with Crippen molar-refractivity contribution in [2.45, 2.75) is 0 Å². The van der Waals surface area contributed by atoms with Crippen LogP contribution in [0.2, 0.25) is 0 Å². The van der Waals surface area contributed by atoms with E-state index in [-0.39, 0.29) is 11.4 Å². The fraction of sp³-hybridized carbons (Fsp3) is 0.0714. The molecule has 2 nitrogen and oxygen atoms in total. The van der Waals surface area contributed by atoms with Crippen LogP contribution >= 0.6 is 0 Å². The average Bonchev–Trinajstić information content (AvgIpc) is 2.37. The van der Waals surface area contributed by atoms with Crippen LogP contribution in [0.25, 0.3) is 0 Å². The van der Waals surface area contributed by atoms with E-state index >= 15 is 0 Å². The third-order valence-electron chi connectivity index (χ3n) is 2.63. The summed E-state index contributed by atoms with van der Waals surface area (Å²) in [6.45, 7) is 0. The van der Waals surface area contributed by atoms with Gasteiger partial charge in [0.25, 0.3) is 0 Å². The molecule has 0 bridgehead atoms. The summed E-state index contributed by atoms with van der Waals surface area (Å²) in [6.07, 6.45) is 0. The third kappa shape index (κ3) is 2.30. The largest absolute Gasteiger partial charge is 0.342 e. The summed E-state index contributed by atoms with van der Waals surface area (Å²) in [5, 5.41) is 8.67. The summed E-state index contributed by atoms with van der Waals surface area (Å²) in [5.41, 5.74) is 1.09. The zero-order chi connectivity index (χ0) is 13.1. The van der Waals surface area contributed by atoms with Crippen molar-refractivity contribution in [1.82, 2.24) is 0 Å². The summed E-state index contributed by atoms with van der Waals surface area (Å²) in [7, 11) is 1.64. The quantitative estimate of drug-likeness (QED) is 0.807. The van der Waals surface area contributed by atoms with E-state index < -0.39 is 5.82 Å². The predicted molar refractivity (Wildman–Crippen MR) is 65.6 cm³/mol. The molecule has 18 heavy (non-hydrogen) atoms. The molecule has 2 aromatic carbocycles. The Morgan fingerprint density at radius 2 is 1.89 bits per heavy atom. The lowest BCUT2D eigenvalue weighted by Gasteiger charge is -2.20. The molecule has 4 heteroatoms. The van der Waals surface area contributed by atoms with Crippen LogP contribution in [-0.4, -0.2) is 7.05 Å². The van der Waals surface area contributed by atoms with Gasteiger partial charge in [0.15, 0.2) is 0 Å². The van der Waals surface area contributed by atoms with Crippen molar-refractivity contribution in [3.05, 3.63) is 59.7 Å². The smallest absolute Gasteiger partial charge is 0.148 e. The molecule has 0 aliphatic rings. The maximum absolute atomic E-state index is 13.8.